The maximum Gasteiger partial charge on any atom is 0.237 e. The van der Waals surface area contributed by atoms with Crippen molar-refractivity contribution in [3.8, 4) is 5.75 Å². The molecule has 0 radical (unpaired) electrons. The first-order chi connectivity index (χ1) is 7.95. The van der Waals surface area contributed by atoms with Gasteiger partial charge >= 0.3 is 0 Å². The van der Waals surface area contributed by atoms with E-state index in [0.29, 0.717) is 0 Å². The Labute approximate surface area is 114 Å². The third kappa shape index (κ3) is 4.20. The summed E-state index contributed by atoms with van der Waals surface area (Å²) in [6.07, 6.45) is 0. The van der Waals surface area contributed by atoms with Crippen molar-refractivity contribution in [2.45, 2.75) is 32.9 Å². The van der Waals surface area contributed by atoms with Crippen molar-refractivity contribution >= 4 is 18.3 Å². The van der Waals surface area contributed by atoms with Gasteiger partial charge in [-0.2, -0.15) is 0 Å². The first kappa shape index (κ1) is 16.7. The van der Waals surface area contributed by atoms with Crippen LogP contribution in [-0.4, -0.2) is 19.1 Å². The lowest BCUT2D eigenvalue weighted by molar-refractivity contribution is -0.122. The van der Waals surface area contributed by atoms with Gasteiger partial charge in [0.05, 0.1) is 19.2 Å². The van der Waals surface area contributed by atoms with Gasteiger partial charge in [-0.1, -0.05) is 17.7 Å². The lowest BCUT2D eigenvalue weighted by Gasteiger charge is -2.19. The van der Waals surface area contributed by atoms with E-state index in [1.807, 2.05) is 32.0 Å². The van der Waals surface area contributed by atoms with E-state index in [-0.39, 0.29) is 24.4 Å². The molecule has 0 saturated carbocycles. The van der Waals surface area contributed by atoms with Crippen LogP contribution in [0.3, 0.4) is 0 Å². The molecule has 2 atom stereocenters. The van der Waals surface area contributed by atoms with Crippen LogP contribution in [0.4, 0.5) is 0 Å². The second-order valence-corrected chi connectivity index (χ2v) is 4.26. The molecule has 1 aromatic rings. The van der Waals surface area contributed by atoms with Crippen LogP contribution in [0.2, 0.25) is 0 Å². The molecule has 0 saturated heterocycles. The van der Waals surface area contributed by atoms with Crippen molar-refractivity contribution in [3.05, 3.63) is 29.3 Å². The molecule has 1 aromatic carbocycles. The van der Waals surface area contributed by atoms with Crippen LogP contribution in [0.1, 0.15) is 31.0 Å². The third-order valence-corrected chi connectivity index (χ3v) is 2.62. The summed E-state index contributed by atoms with van der Waals surface area (Å²) in [7, 11) is 1.62. The SMILES string of the molecule is COc1ccc(C)cc1C(C)NC(=O)[C@H](C)N.Cl. The number of ether oxygens (including phenoxy) is 1. The molecule has 0 aliphatic heterocycles. The largest absolute Gasteiger partial charge is 0.496 e. The lowest BCUT2D eigenvalue weighted by atomic mass is 10.0. The summed E-state index contributed by atoms with van der Waals surface area (Å²) in [5.41, 5.74) is 7.61. The molecule has 0 bridgehead atoms. The summed E-state index contributed by atoms with van der Waals surface area (Å²) < 4.78 is 5.28. The van der Waals surface area contributed by atoms with Gasteiger partial charge < -0.3 is 15.8 Å². The van der Waals surface area contributed by atoms with Crippen molar-refractivity contribution in [1.29, 1.82) is 0 Å². The molecule has 0 spiro atoms. The number of nitrogens with one attached hydrogen (secondary N) is 1. The molecule has 5 heteroatoms. The topological polar surface area (TPSA) is 64.3 Å². The molecular formula is C13H21ClN2O2. The molecular weight excluding hydrogens is 252 g/mol. The molecule has 1 rings (SSSR count). The Morgan fingerprint density at radius 2 is 2.00 bits per heavy atom. The lowest BCUT2D eigenvalue weighted by Crippen LogP contribution is -2.39. The number of hydrogen-bond donors (Lipinski definition) is 2. The van der Waals surface area contributed by atoms with Gasteiger partial charge in [0, 0.05) is 5.56 Å². The van der Waals surface area contributed by atoms with E-state index in [4.69, 9.17) is 10.5 Å². The Hall–Kier alpha value is -1.26. The smallest absolute Gasteiger partial charge is 0.237 e. The van der Waals surface area contributed by atoms with Gasteiger partial charge in [-0.05, 0) is 26.8 Å². The summed E-state index contributed by atoms with van der Waals surface area (Å²) in [5, 5.41) is 2.85. The maximum atomic E-state index is 11.5. The molecule has 1 amide bonds. The van der Waals surface area contributed by atoms with E-state index >= 15 is 0 Å². The van der Waals surface area contributed by atoms with Crippen LogP contribution in [0.25, 0.3) is 0 Å². The monoisotopic (exact) mass is 272 g/mol. The standard InChI is InChI=1S/C13H20N2O2.ClH/c1-8-5-6-12(17-4)11(7-8)10(3)15-13(16)9(2)14;/h5-7,9-10H,14H2,1-4H3,(H,15,16);1H/t9-,10?;/m0./s1. The predicted molar refractivity (Wildman–Crippen MR) is 75.2 cm³/mol. The maximum absolute atomic E-state index is 11.5. The van der Waals surface area contributed by atoms with Crippen molar-refractivity contribution in [3.63, 3.8) is 0 Å². The molecule has 102 valence electrons. The number of nitrogens with two attached hydrogens (primary N) is 1. The number of hydrogen-bond acceptors (Lipinski definition) is 3. The Balaban J connectivity index is 0.00000289. The highest BCUT2D eigenvalue weighted by Gasteiger charge is 2.16. The summed E-state index contributed by atoms with van der Waals surface area (Å²) in [5.74, 6) is 0.606. The number of amides is 1. The fourth-order valence-corrected chi connectivity index (χ4v) is 1.61. The molecule has 0 aromatic heterocycles. The third-order valence-electron chi connectivity index (χ3n) is 2.62. The molecule has 1 unspecified atom stereocenters. The highest BCUT2D eigenvalue weighted by molar-refractivity contribution is 5.85. The first-order valence-electron chi connectivity index (χ1n) is 5.66. The fourth-order valence-electron chi connectivity index (χ4n) is 1.61. The molecule has 0 heterocycles. The first-order valence-corrected chi connectivity index (χ1v) is 5.66. The summed E-state index contributed by atoms with van der Waals surface area (Å²) in [6, 6.07) is 5.25. The zero-order valence-electron chi connectivity index (χ0n) is 11.2. The van der Waals surface area contributed by atoms with E-state index in [1.54, 1.807) is 14.0 Å². The van der Waals surface area contributed by atoms with Crippen LogP contribution in [-0.2, 0) is 4.79 Å². The Morgan fingerprint density at radius 3 is 2.50 bits per heavy atom. The summed E-state index contributed by atoms with van der Waals surface area (Å²) in [4.78, 5) is 11.5. The van der Waals surface area contributed by atoms with Gasteiger partial charge in [0.15, 0.2) is 0 Å². The van der Waals surface area contributed by atoms with Crippen molar-refractivity contribution in [1.82, 2.24) is 5.32 Å². The average Bonchev–Trinajstić information content (AvgIpc) is 2.28. The van der Waals surface area contributed by atoms with Gasteiger partial charge in [0.1, 0.15) is 5.75 Å². The second-order valence-electron chi connectivity index (χ2n) is 4.26. The molecule has 3 N–H and O–H groups in total. The van der Waals surface area contributed by atoms with Crippen LogP contribution in [0, 0.1) is 6.92 Å². The van der Waals surface area contributed by atoms with Gasteiger partial charge in [-0.3, -0.25) is 4.79 Å². The van der Waals surface area contributed by atoms with Crippen LogP contribution < -0.4 is 15.8 Å². The Bertz CT molecular complexity index is 408. The number of methoxy groups -OCH3 is 1. The summed E-state index contributed by atoms with van der Waals surface area (Å²) in [6.45, 7) is 5.58. The van der Waals surface area contributed by atoms with Gasteiger partial charge in [-0.25, -0.2) is 0 Å². The van der Waals surface area contributed by atoms with Gasteiger partial charge in [-0.15, -0.1) is 12.4 Å². The molecule has 0 aliphatic carbocycles. The number of halogens is 1. The Morgan fingerprint density at radius 1 is 1.39 bits per heavy atom. The quantitative estimate of drug-likeness (QED) is 0.881. The normalized spacial score (nSPS) is 13.2. The molecule has 18 heavy (non-hydrogen) atoms. The molecule has 4 nitrogen and oxygen atoms in total. The minimum absolute atomic E-state index is 0. The highest BCUT2D eigenvalue weighted by atomic mass is 35.5. The number of carbonyl (C=O) groups is 1. The minimum Gasteiger partial charge on any atom is -0.496 e. The van der Waals surface area contributed by atoms with E-state index in [1.165, 1.54) is 0 Å². The van der Waals surface area contributed by atoms with E-state index in [2.05, 4.69) is 5.32 Å². The van der Waals surface area contributed by atoms with Crippen LogP contribution in [0.5, 0.6) is 5.75 Å². The van der Waals surface area contributed by atoms with Crippen molar-refractivity contribution in [2.24, 2.45) is 5.73 Å². The van der Waals surface area contributed by atoms with E-state index in [9.17, 15) is 4.79 Å². The molecule has 0 fully saturated rings. The number of benzene rings is 1. The van der Waals surface area contributed by atoms with Crippen LogP contribution >= 0.6 is 12.4 Å². The van der Waals surface area contributed by atoms with E-state index < -0.39 is 6.04 Å². The number of carbonyl (C=O) groups excluding carboxylic acids is 1. The number of aryl methyl sites for hydroxylation is 1. The summed E-state index contributed by atoms with van der Waals surface area (Å²) >= 11 is 0. The predicted octanol–water partition coefficient (Wildman–Crippen LogP) is 1.95. The minimum atomic E-state index is -0.506. The fraction of sp³-hybridized carbons (Fsp3) is 0.462. The van der Waals surface area contributed by atoms with E-state index in [0.717, 1.165) is 16.9 Å². The highest BCUT2D eigenvalue weighted by Crippen LogP contribution is 2.25. The van der Waals surface area contributed by atoms with Crippen LogP contribution in [0.15, 0.2) is 18.2 Å². The number of rotatable bonds is 4. The zero-order valence-corrected chi connectivity index (χ0v) is 12.0. The molecule has 0 aliphatic rings. The van der Waals surface area contributed by atoms with Gasteiger partial charge in [0.25, 0.3) is 0 Å². The second kappa shape index (κ2) is 7.24. The zero-order chi connectivity index (χ0) is 13.0. The van der Waals surface area contributed by atoms with Crippen molar-refractivity contribution in [2.75, 3.05) is 7.11 Å². The average molecular weight is 273 g/mol. The Kier molecular flexibility index (Phi) is 6.73. The van der Waals surface area contributed by atoms with Crippen molar-refractivity contribution < 1.29 is 9.53 Å². The van der Waals surface area contributed by atoms with Gasteiger partial charge in [0.2, 0.25) is 5.91 Å².